The predicted octanol–water partition coefficient (Wildman–Crippen LogP) is 5.22. The van der Waals surface area contributed by atoms with Crippen LogP contribution in [0.25, 0.3) is 10.4 Å². The molecule has 0 spiro atoms. The van der Waals surface area contributed by atoms with E-state index in [1.807, 2.05) is 30.5 Å². The molecule has 0 unspecified atom stereocenters. The molecule has 0 saturated heterocycles. The minimum absolute atomic E-state index is 0.367. The number of carbonyl (C=O) groups is 1. The summed E-state index contributed by atoms with van der Waals surface area (Å²) in [5.41, 5.74) is 2.93. The van der Waals surface area contributed by atoms with Crippen LogP contribution in [0.3, 0.4) is 0 Å². The first-order valence-electron chi connectivity index (χ1n) is 6.90. The standard InChI is InChI=1S/C16H10BrNO3S2/c17-9-2-4-10(5-3-9)21-16-12-11(14(22-16)15(19)20)6-1-8-7-18-23-13(8)12/h2-5,7H,1,6H2,(H,19,20). The van der Waals surface area contributed by atoms with Crippen molar-refractivity contribution in [3.05, 3.63) is 50.9 Å². The van der Waals surface area contributed by atoms with E-state index in [9.17, 15) is 9.90 Å². The van der Waals surface area contributed by atoms with Gasteiger partial charge in [0.2, 0.25) is 0 Å². The average molecular weight is 408 g/mol. The van der Waals surface area contributed by atoms with Crippen molar-refractivity contribution in [3.63, 3.8) is 0 Å². The van der Waals surface area contributed by atoms with Crippen LogP contribution in [0.4, 0.5) is 0 Å². The molecule has 2 aromatic heterocycles. The number of carboxylic acids is 1. The van der Waals surface area contributed by atoms with E-state index in [1.54, 1.807) is 0 Å². The minimum Gasteiger partial charge on any atom is -0.477 e. The molecule has 4 rings (SSSR count). The number of ether oxygens (including phenoxy) is 1. The summed E-state index contributed by atoms with van der Waals surface area (Å²) in [5, 5.41) is 10.1. The van der Waals surface area contributed by atoms with Gasteiger partial charge >= 0.3 is 5.97 Å². The zero-order valence-electron chi connectivity index (χ0n) is 11.7. The lowest BCUT2D eigenvalue weighted by molar-refractivity contribution is 0.0701. The normalized spacial score (nSPS) is 12.6. The fourth-order valence-electron chi connectivity index (χ4n) is 2.67. The molecule has 0 bridgehead atoms. The van der Waals surface area contributed by atoms with Crippen LogP contribution in [0.5, 0.6) is 10.8 Å². The van der Waals surface area contributed by atoms with Crippen molar-refractivity contribution in [2.24, 2.45) is 0 Å². The summed E-state index contributed by atoms with van der Waals surface area (Å²) in [5.74, 6) is -0.212. The van der Waals surface area contributed by atoms with Gasteiger partial charge in [0.25, 0.3) is 0 Å². The highest BCUT2D eigenvalue weighted by Crippen LogP contribution is 2.49. The van der Waals surface area contributed by atoms with Crippen molar-refractivity contribution in [1.29, 1.82) is 0 Å². The van der Waals surface area contributed by atoms with E-state index in [0.717, 1.165) is 32.5 Å². The number of halogens is 1. The molecule has 2 heterocycles. The number of benzene rings is 1. The van der Waals surface area contributed by atoms with E-state index < -0.39 is 5.97 Å². The molecular weight excluding hydrogens is 398 g/mol. The number of nitrogens with zero attached hydrogens (tertiary/aromatic N) is 1. The van der Waals surface area contributed by atoms with Crippen molar-refractivity contribution in [1.82, 2.24) is 4.37 Å². The smallest absolute Gasteiger partial charge is 0.346 e. The molecule has 7 heteroatoms. The summed E-state index contributed by atoms with van der Waals surface area (Å²) >= 11 is 5.98. The van der Waals surface area contributed by atoms with E-state index >= 15 is 0 Å². The Morgan fingerprint density at radius 3 is 2.78 bits per heavy atom. The summed E-state index contributed by atoms with van der Waals surface area (Å²) < 4.78 is 11.2. The van der Waals surface area contributed by atoms with Crippen LogP contribution in [-0.4, -0.2) is 15.4 Å². The molecule has 116 valence electrons. The number of thiophene rings is 1. The molecule has 0 amide bonds. The second-order valence-corrected chi connectivity index (χ2v) is 7.81. The fourth-order valence-corrected chi connectivity index (χ4v) is 4.93. The number of carboxylic acid groups (broad SMARTS) is 1. The van der Waals surface area contributed by atoms with Gasteiger partial charge in [0, 0.05) is 10.7 Å². The van der Waals surface area contributed by atoms with Gasteiger partial charge in [-0.2, -0.15) is 0 Å². The van der Waals surface area contributed by atoms with Gasteiger partial charge in [-0.25, -0.2) is 9.17 Å². The number of fused-ring (bicyclic) bond motifs is 3. The largest absolute Gasteiger partial charge is 0.477 e. The maximum Gasteiger partial charge on any atom is 0.346 e. The first-order chi connectivity index (χ1) is 11.1. The molecule has 23 heavy (non-hydrogen) atoms. The molecule has 1 aromatic carbocycles. The molecule has 3 aromatic rings. The van der Waals surface area contributed by atoms with Gasteiger partial charge in [-0.15, -0.1) is 0 Å². The van der Waals surface area contributed by atoms with Crippen molar-refractivity contribution < 1.29 is 14.6 Å². The number of aromatic carboxylic acids is 1. The van der Waals surface area contributed by atoms with Crippen LogP contribution in [0.15, 0.2) is 34.9 Å². The van der Waals surface area contributed by atoms with Gasteiger partial charge < -0.3 is 9.84 Å². The lowest BCUT2D eigenvalue weighted by Crippen LogP contribution is -2.04. The number of hydrogen-bond donors (Lipinski definition) is 1. The Morgan fingerprint density at radius 2 is 2.04 bits per heavy atom. The van der Waals surface area contributed by atoms with Crippen LogP contribution in [0.1, 0.15) is 20.8 Å². The third-order valence-corrected chi connectivity index (χ3v) is 6.20. The van der Waals surface area contributed by atoms with E-state index in [4.69, 9.17) is 4.74 Å². The zero-order chi connectivity index (χ0) is 16.0. The molecule has 0 saturated carbocycles. The summed E-state index contributed by atoms with van der Waals surface area (Å²) in [6.45, 7) is 0. The maximum absolute atomic E-state index is 11.6. The second kappa shape index (κ2) is 5.74. The van der Waals surface area contributed by atoms with Crippen molar-refractivity contribution in [2.75, 3.05) is 0 Å². The highest BCUT2D eigenvalue weighted by molar-refractivity contribution is 9.10. The van der Waals surface area contributed by atoms with Crippen molar-refractivity contribution in [2.45, 2.75) is 12.8 Å². The Kier molecular flexibility index (Phi) is 3.71. The van der Waals surface area contributed by atoms with Gasteiger partial charge in [-0.1, -0.05) is 27.3 Å². The summed E-state index contributed by atoms with van der Waals surface area (Å²) in [4.78, 5) is 13.0. The Labute approximate surface area is 148 Å². The zero-order valence-corrected chi connectivity index (χ0v) is 14.9. The van der Waals surface area contributed by atoms with E-state index in [2.05, 4.69) is 20.3 Å². The van der Waals surface area contributed by atoms with Crippen molar-refractivity contribution >= 4 is 44.8 Å². The summed E-state index contributed by atoms with van der Waals surface area (Å²) in [7, 11) is 0. The molecule has 4 nitrogen and oxygen atoms in total. The summed E-state index contributed by atoms with van der Waals surface area (Å²) in [6.07, 6.45) is 3.40. The number of rotatable bonds is 3. The molecule has 0 aliphatic heterocycles. The Balaban J connectivity index is 1.84. The number of aryl methyl sites for hydroxylation is 1. The van der Waals surface area contributed by atoms with E-state index in [0.29, 0.717) is 22.1 Å². The number of hydrogen-bond acceptors (Lipinski definition) is 5. The van der Waals surface area contributed by atoms with E-state index in [-0.39, 0.29) is 0 Å². The van der Waals surface area contributed by atoms with Gasteiger partial charge in [0.05, 0.1) is 10.4 Å². The average Bonchev–Trinajstić information content (AvgIpc) is 3.13. The third kappa shape index (κ3) is 2.58. The van der Waals surface area contributed by atoms with Crippen LogP contribution >= 0.6 is 38.8 Å². The first kappa shape index (κ1) is 14.9. The Morgan fingerprint density at radius 1 is 1.26 bits per heavy atom. The molecule has 0 radical (unpaired) electrons. The van der Waals surface area contributed by atoms with Crippen LogP contribution in [-0.2, 0) is 12.8 Å². The molecule has 1 N–H and O–H groups in total. The quantitative estimate of drug-likeness (QED) is 0.645. The molecule has 0 fully saturated rings. The van der Waals surface area contributed by atoms with Crippen molar-refractivity contribution in [3.8, 4) is 21.3 Å². The van der Waals surface area contributed by atoms with E-state index in [1.165, 1.54) is 22.9 Å². The fraction of sp³-hybridized carbons (Fsp3) is 0.125. The monoisotopic (exact) mass is 407 g/mol. The highest BCUT2D eigenvalue weighted by atomic mass is 79.9. The van der Waals surface area contributed by atoms with Gasteiger partial charge in [-0.3, -0.25) is 0 Å². The van der Waals surface area contributed by atoms with Gasteiger partial charge in [-0.05, 0) is 59.8 Å². The Hall–Kier alpha value is -1.70. The topological polar surface area (TPSA) is 59.4 Å². The molecule has 0 atom stereocenters. The number of aromatic nitrogens is 1. The minimum atomic E-state index is -0.898. The molecule has 1 aliphatic rings. The highest BCUT2D eigenvalue weighted by Gasteiger charge is 2.30. The van der Waals surface area contributed by atoms with Crippen LogP contribution < -0.4 is 4.74 Å². The summed E-state index contributed by atoms with van der Waals surface area (Å²) in [6, 6.07) is 7.50. The van der Waals surface area contributed by atoms with Crippen LogP contribution in [0.2, 0.25) is 0 Å². The van der Waals surface area contributed by atoms with Crippen LogP contribution in [0, 0.1) is 0 Å². The lowest BCUT2D eigenvalue weighted by Gasteiger charge is -2.13. The lowest BCUT2D eigenvalue weighted by atomic mass is 9.93. The SMILES string of the molecule is O=C(O)c1sc(Oc2ccc(Br)cc2)c2c1CCc1cnsc1-2. The Bertz CT molecular complexity index is 899. The molecular formula is C16H10BrNO3S2. The van der Waals surface area contributed by atoms with Gasteiger partial charge in [0.1, 0.15) is 10.6 Å². The maximum atomic E-state index is 11.6. The van der Waals surface area contributed by atoms with Gasteiger partial charge in [0.15, 0.2) is 5.06 Å². The molecule has 1 aliphatic carbocycles. The predicted molar refractivity (Wildman–Crippen MR) is 94.0 cm³/mol. The first-order valence-corrected chi connectivity index (χ1v) is 9.28. The second-order valence-electron chi connectivity index (χ2n) is 5.11. The third-order valence-electron chi connectivity index (χ3n) is 3.71.